The Morgan fingerprint density at radius 1 is 1.28 bits per heavy atom. The van der Waals surface area contributed by atoms with Crippen molar-refractivity contribution in [2.75, 3.05) is 11.9 Å². The van der Waals surface area contributed by atoms with Crippen molar-refractivity contribution >= 4 is 11.6 Å². The van der Waals surface area contributed by atoms with E-state index in [-0.39, 0.29) is 11.9 Å². The van der Waals surface area contributed by atoms with Crippen molar-refractivity contribution < 1.29 is 4.79 Å². The fourth-order valence-corrected chi connectivity index (χ4v) is 2.46. The van der Waals surface area contributed by atoms with Gasteiger partial charge in [-0.25, -0.2) is 0 Å². The smallest absolute Gasteiger partial charge is 0.243 e. The molecular weight excluding hydrogens is 224 g/mol. The predicted octanol–water partition coefficient (Wildman–Crippen LogP) is 2.49. The first kappa shape index (κ1) is 13.1. The van der Waals surface area contributed by atoms with E-state index in [0.717, 1.165) is 24.9 Å². The normalized spacial score (nSPS) is 23.7. The molecule has 2 rings (SSSR count). The second-order valence-electron chi connectivity index (χ2n) is 5.28. The Balaban J connectivity index is 2.06. The first-order valence-corrected chi connectivity index (χ1v) is 6.68. The molecule has 3 nitrogen and oxygen atoms in total. The SMILES string of the molecule is Cc1ccc(N(C)C(=O)[C@H]2CCC[C@@H](C)N2)cc1. The largest absolute Gasteiger partial charge is 0.314 e. The summed E-state index contributed by atoms with van der Waals surface area (Å²) >= 11 is 0. The van der Waals surface area contributed by atoms with Crippen molar-refractivity contribution in [1.29, 1.82) is 0 Å². The highest BCUT2D eigenvalue weighted by Crippen LogP contribution is 2.18. The number of aryl methyl sites for hydroxylation is 1. The van der Waals surface area contributed by atoms with Gasteiger partial charge in [-0.1, -0.05) is 17.7 Å². The van der Waals surface area contributed by atoms with Crippen molar-refractivity contribution in [2.24, 2.45) is 0 Å². The van der Waals surface area contributed by atoms with E-state index >= 15 is 0 Å². The fraction of sp³-hybridized carbons (Fsp3) is 0.533. The number of benzene rings is 1. The number of nitrogens with one attached hydrogen (secondary N) is 1. The summed E-state index contributed by atoms with van der Waals surface area (Å²) in [5.41, 5.74) is 2.18. The standard InChI is InChI=1S/C15H22N2O/c1-11-7-9-13(10-8-11)17(3)15(18)14-6-4-5-12(2)16-14/h7-10,12,14,16H,4-6H2,1-3H3/t12-,14-/m1/s1. The number of rotatable bonds is 2. The van der Waals surface area contributed by atoms with Crippen LogP contribution in [0.1, 0.15) is 31.7 Å². The third-order valence-corrected chi connectivity index (χ3v) is 3.67. The number of hydrogen-bond acceptors (Lipinski definition) is 2. The molecule has 0 unspecified atom stereocenters. The van der Waals surface area contributed by atoms with Crippen LogP contribution in [0.2, 0.25) is 0 Å². The maximum atomic E-state index is 12.4. The maximum absolute atomic E-state index is 12.4. The van der Waals surface area contributed by atoms with Crippen LogP contribution < -0.4 is 10.2 Å². The molecule has 0 radical (unpaired) electrons. The molecule has 0 bridgehead atoms. The molecule has 0 saturated carbocycles. The van der Waals surface area contributed by atoms with E-state index in [1.165, 1.54) is 5.56 Å². The lowest BCUT2D eigenvalue weighted by molar-refractivity contribution is -0.121. The second-order valence-corrected chi connectivity index (χ2v) is 5.28. The highest BCUT2D eigenvalue weighted by molar-refractivity contribution is 5.96. The number of carbonyl (C=O) groups excluding carboxylic acids is 1. The first-order chi connectivity index (χ1) is 8.58. The van der Waals surface area contributed by atoms with Gasteiger partial charge in [0, 0.05) is 18.8 Å². The zero-order valence-electron chi connectivity index (χ0n) is 11.4. The van der Waals surface area contributed by atoms with Gasteiger partial charge in [-0.15, -0.1) is 0 Å². The molecular formula is C15H22N2O. The zero-order chi connectivity index (χ0) is 13.1. The summed E-state index contributed by atoms with van der Waals surface area (Å²) in [6.07, 6.45) is 3.24. The van der Waals surface area contributed by atoms with Crippen LogP contribution >= 0.6 is 0 Å². The van der Waals surface area contributed by atoms with Gasteiger partial charge in [-0.05, 0) is 45.2 Å². The quantitative estimate of drug-likeness (QED) is 0.869. The van der Waals surface area contributed by atoms with Crippen LogP contribution in [0.3, 0.4) is 0 Å². The Kier molecular flexibility index (Phi) is 4.02. The lowest BCUT2D eigenvalue weighted by Gasteiger charge is -2.31. The van der Waals surface area contributed by atoms with E-state index < -0.39 is 0 Å². The van der Waals surface area contributed by atoms with Crippen LogP contribution in [-0.4, -0.2) is 25.0 Å². The molecule has 98 valence electrons. The van der Waals surface area contributed by atoms with Crippen LogP contribution in [0, 0.1) is 6.92 Å². The summed E-state index contributed by atoms with van der Waals surface area (Å²) in [6, 6.07) is 8.49. The minimum atomic E-state index is -0.0277. The van der Waals surface area contributed by atoms with Crippen LogP contribution in [0.15, 0.2) is 24.3 Å². The molecule has 1 aromatic rings. The van der Waals surface area contributed by atoms with E-state index in [1.807, 2.05) is 31.3 Å². The number of amides is 1. The molecule has 2 atom stereocenters. The van der Waals surface area contributed by atoms with Crippen molar-refractivity contribution in [1.82, 2.24) is 5.32 Å². The Morgan fingerprint density at radius 2 is 1.94 bits per heavy atom. The zero-order valence-corrected chi connectivity index (χ0v) is 11.4. The summed E-state index contributed by atoms with van der Waals surface area (Å²) in [5, 5.41) is 3.39. The number of carbonyl (C=O) groups is 1. The van der Waals surface area contributed by atoms with E-state index in [9.17, 15) is 4.79 Å². The molecule has 18 heavy (non-hydrogen) atoms. The van der Waals surface area contributed by atoms with Crippen LogP contribution in [0.4, 0.5) is 5.69 Å². The fourth-order valence-electron chi connectivity index (χ4n) is 2.46. The van der Waals surface area contributed by atoms with Gasteiger partial charge in [0.05, 0.1) is 6.04 Å². The lowest BCUT2D eigenvalue weighted by atomic mass is 9.98. The van der Waals surface area contributed by atoms with Crippen LogP contribution in [-0.2, 0) is 4.79 Å². The number of anilines is 1. The van der Waals surface area contributed by atoms with Crippen molar-refractivity contribution in [3.05, 3.63) is 29.8 Å². The van der Waals surface area contributed by atoms with E-state index in [4.69, 9.17) is 0 Å². The Bertz CT molecular complexity index is 413. The van der Waals surface area contributed by atoms with Crippen LogP contribution in [0.5, 0.6) is 0 Å². The predicted molar refractivity (Wildman–Crippen MR) is 74.8 cm³/mol. The van der Waals surface area contributed by atoms with Gasteiger partial charge in [0.2, 0.25) is 5.91 Å². The number of hydrogen-bond donors (Lipinski definition) is 1. The minimum absolute atomic E-state index is 0.0277. The number of likely N-dealkylation sites (N-methyl/N-ethyl adjacent to an activating group) is 1. The van der Waals surface area contributed by atoms with Gasteiger partial charge in [-0.3, -0.25) is 4.79 Å². The molecule has 1 fully saturated rings. The molecule has 0 aliphatic carbocycles. The third kappa shape index (κ3) is 2.91. The molecule has 0 aromatic heterocycles. The van der Waals surface area contributed by atoms with E-state index in [2.05, 4.69) is 19.2 Å². The molecule has 1 aliphatic heterocycles. The second kappa shape index (κ2) is 5.53. The molecule has 0 spiro atoms. The van der Waals surface area contributed by atoms with Gasteiger partial charge in [0.1, 0.15) is 0 Å². The average Bonchev–Trinajstić information content (AvgIpc) is 2.38. The summed E-state index contributed by atoms with van der Waals surface area (Å²) in [6.45, 7) is 4.20. The molecule has 1 aliphatic rings. The van der Waals surface area contributed by atoms with Gasteiger partial charge in [0.25, 0.3) is 0 Å². The van der Waals surface area contributed by atoms with Gasteiger partial charge in [0.15, 0.2) is 0 Å². The maximum Gasteiger partial charge on any atom is 0.243 e. The summed E-state index contributed by atoms with van der Waals surface area (Å²) in [4.78, 5) is 14.2. The lowest BCUT2D eigenvalue weighted by Crippen LogP contribution is -2.50. The minimum Gasteiger partial charge on any atom is -0.314 e. The first-order valence-electron chi connectivity index (χ1n) is 6.68. The highest BCUT2D eigenvalue weighted by atomic mass is 16.2. The Labute approximate surface area is 109 Å². The summed E-state index contributed by atoms with van der Waals surface area (Å²) in [7, 11) is 1.86. The molecule has 3 heteroatoms. The third-order valence-electron chi connectivity index (χ3n) is 3.67. The topological polar surface area (TPSA) is 32.3 Å². The van der Waals surface area contributed by atoms with Gasteiger partial charge in [-0.2, -0.15) is 0 Å². The Morgan fingerprint density at radius 3 is 2.56 bits per heavy atom. The molecule has 1 N–H and O–H groups in total. The number of nitrogens with zero attached hydrogens (tertiary/aromatic N) is 1. The average molecular weight is 246 g/mol. The monoisotopic (exact) mass is 246 g/mol. The number of piperidine rings is 1. The highest BCUT2D eigenvalue weighted by Gasteiger charge is 2.26. The Hall–Kier alpha value is -1.35. The van der Waals surface area contributed by atoms with Crippen molar-refractivity contribution in [3.63, 3.8) is 0 Å². The molecule has 1 heterocycles. The molecule has 1 amide bonds. The van der Waals surface area contributed by atoms with Crippen molar-refractivity contribution in [3.8, 4) is 0 Å². The van der Waals surface area contributed by atoms with Gasteiger partial charge >= 0.3 is 0 Å². The van der Waals surface area contributed by atoms with Gasteiger partial charge < -0.3 is 10.2 Å². The summed E-state index contributed by atoms with van der Waals surface area (Å²) < 4.78 is 0. The van der Waals surface area contributed by atoms with Crippen LogP contribution in [0.25, 0.3) is 0 Å². The molecule has 1 aromatic carbocycles. The summed E-state index contributed by atoms with van der Waals surface area (Å²) in [5.74, 6) is 0.172. The van der Waals surface area contributed by atoms with E-state index in [0.29, 0.717) is 6.04 Å². The van der Waals surface area contributed by atoms with Crippen molar-refractivity contribution in [2.45, 2.75) is 45.2 Å². The van der Waals surface area contributed by atoms with E-state index in [1.54, 1.807) is 4.90 Å². The molecule has 1 saturated heterocycles.